The topological polar surface area (TPSA) is 58.6 Å². The summed E-state index contributed by atoms with van der Waals surface area (Å²) in [4.78, 5) is 27.4. The van der Waals surface area contributed by atoms with Crippen molar-refractivity contribution in [2.45, 2.75) is 52.1 Å². The Labute approximate surface area is 184 Å². The van der Waals surface area contributed by atoms with E-state index in [1.54, 1.807) is 29.2 Å². The minimum atomic E-state index is -0.485. The lowest BCUT2D eigenvalue weighted by Crippen LogP contribution is -2.49. The standard InChI is InChI=1S/C24H31ClN2O3/c1-3-16-26-24(29)22(4-2)27(18-19-9-6-5-7-10-19)23(28)11-8-17-30-21-14-12-20(25)13-15-21/h5-7,9-10,12-15,22H,3-4,8,11,16-18H2,1-2H3,(H,26,29)/t22-/m0/s1. The van der Waals surface area contributed by atoms with Crippen LogP contribution in [0, 0.1) is 0 Å². The SMILES string of the molecule is CCCNC(=O)[C@H](CC)N(Cc1ccccc1)C(=O)CCCOc1ccc(Cl)cc1. The number of hydrogen-bond acceptors (Lipinski definition) is 3. The molecule has 0 spiro atoms. The first-order valence-electron chi connectivity index (χ1n) is 10.5. The first-order valence-corrected chi connectivity index (χ1v) is 10.9. The van der Waals surface area contributed by atoms with E-state index in [0.29, 0.717) is 44.0 Å². The van der Waals surface area contributed by atoms with Crippen molar-refractivity contribution in [3.63, 3.8) is 0 Å². The van der Waals surface area contributed by atoms with Crippen molar-refractivity contribution in [2.24, 2.45) is 0 Å². The molecule has 0 aliphatic rings. The molecule has 0 aromatic heterocycles. The summed E-state index contributed by atoms with van der Waals surface area (Å²) in [5.74, 6) is 0.580. The summed E-state index contributed by atoms with van der Waals surface area (Å²) in [6.45, 7) is 5.39. The fourth-order valence-electron chi connectivity index (χ4n) is 3.15. The molecule has 0 radical (unpaired) electrons. The Balaban J connectivity index is 1.99. The highest BCUT2D eigenvalue weighted by Crippen LogP contribution is 2.17. The van der Waals surface area contributed by atoms with Gasteiger partial charge in [-0.1, -0.05) is 55.8 Å². The molecule has 5 nitrogen and oxygen atoms in total. The summed E-state index contributed by atoms with van der Waals surface area (Å²) in [5, 5.41) is 3.58. The lowest BCUT2D eigenvalue weighted by atomic mass is 10.1. The largest absolute Gasteiger partial charge is 0.494 e. The average Bonchev–Trinajstić information content (AvgIpc) is 2.76. The summed E-state index contributed by atoms with van der Waals surface area (Å²) >= 11 is 5.88. The molecule has 0 fully saturated rings. The Morgan fingerprint density at radius 3 is 2.40 bits per heavy atom. The first-order chi connectivity index (χ1) is 14.5. The van der Waals surface area contributed by atoms with Gasteiger partial charge in [0.05, 0.1) is 6.61 Å². The van der Waals surface area contributed by atoms with Gasteiger partial charge in [0.25, 0.3) is 0 Å². The number of carbonyl (C=O) groups is 2. The van der Waals surface area contributed by atoms with Crippen LogP contribution < -0.4 is 10.1 Å². The van der Waals surface area contributed by atoms with E-state index in [-0.39, 0.29) is 11.8 Å². The zero-order chi connectivity index (χ0) is 21.8. The van der Waals surface area contributed by atoms with Crippen LogP contribution >= 0.6 is 11.6 Å². The number of carbonyl (C=O) groups excluding carboxylic acids is 2. The van der Waals surface area contributed by atoms with Crippen molar-refractivity contribution < 1.29 is 14.3 Å². The van der Waals surface area contributed by atoms with E-state index in [4.69, 9.17) is 16.3 Å². The van der Waals surface area contributed by atoms with E-state index < -0.39 is 6.04 Å². The molecule has 0 heterocycles. The molecule has 6 heteroatoms. The molecule has 162 valence electrons. The predicted octanol–water partition coefficient (Wildman–Crippen LogP) is 4.83. The Bertz CT molecular complexity index is 781. The second kappa shape index (κ2) is 12.9. The molecule has 2 aromatic rings. The highest BCUT2D eigenvalue weighted by atomic mass is 35.5. The van der Waals surface area contributed by atoms with Gasteiger partial charge in [-0.25, -0.2) is 0 Å². The van der Waals surface area contributed by atoms with Crippen LogP contribution in [0.2, 0.25) is 5.02 Å². The van der Waals surface area contributed by atoms with Crippen LogP contribution in [0.15, 0.2) is 54.6 Å². The summed E-state index contributed by atoms with van der Waals surface area (Å²) in [6, 6.07) is 16.4. The third-order valence-electron chi connectivity index (χ3n) is 4.75. The van der Waals surface area contributed by atoms with E-state index in [0.717, 1.165) is 17.7 Å². The van der Waals surface area contributed by atoms with Crippen molar-refractivity contribution in [1.29, 1.82) is 0 Å². The van der Waals surface area contributed by atoms with Gasteiger partial charge in [0, 0.05) is 24.5 Å². The molecule has 30 heavy (non-hydrogen) atoms. The highest BCUT2D eigenvalue weighted by Gasteiger charge is 2.28. The zero-order valence-corrected chi connectivity index (χ0v) is 18.5. The second-order valence-electron chi connectivity index (χ2n) is 7.13. The predicted molar refractivity (Wildman–Crippen MR) is 121 cm³/mol. The van der Waals surface area contributed by atoms with Crippen molar-refractivity contribution in [2.75, 3.05) is 13.2 Å². The highest BCUT2D eigenvalue weighted by molar-refractivity contribution is 6.30. The van der Waals surface area contributed by atoms with Gasteiger partial charge in [-0.15, -0.1) is 0 Å². The van der Waals surface area contributed by atoms with Crippen LogP contribution in [0.1, 0.15) is 45.1 Å². The number of ether oxygens (including phenoxy) is 1. The Morgan fingerprint density at radius 2 is 1.77 bits per heavy atom. The summed E-state index contributed by atoms with van der Waals surface area (Å²) in [6.07, 6.45) is 2.31. The average molecular weight is 431 g/mol. The van der Waals surface area contributed by atoms with Crippen molar-refractivity contribution in [3.05, 3.63) is 65.2 Å². The molecule has 0 saturated heterocycles. The van der Waals surface area contributed by atoms with Crippen LogP contribution in [0.5, 0.6) is 5.75 Å². The third kappa shape index (κ3) is 7.71. The third-order valence-corrected chi connectivity index (χ3v) is 5.00. The maximum atomic E-state index is 13.1. The Morgan fingerprint density at radius 1 is 1.07 bits per heavy atom. The molecule has 1 atom stereocenters. The first kappa shape index (κ1) is 23.7. The smallest absolute Gasteiger partial charge is 0.242 e. The van der Waals surface area contributed by atoms with Gasteiger partial charge in [0.2, 0.25) is 11.8 Å². The number of hydrogen-bond donors (Lipinski definition) is 1. The van der Waals surface area contributed by atoms with E-state index in [1.807, 2.05) is 44.2 Å². The van der Waals surface area contributed by atoms with Crippen LogP contribution in [-0.4, -0.2) is 35.9 Å². The second-order valence-corrected chi connectivity index (χ2v) is 7.56. The van der Waals surface area contributed by atoms with Gasteiger partial charge in [0.1, 0.15) is 11.8 Å². The zero-order valence-electron chi connectivity index (χ0n) is 17.8. The molecular formula is C24H31ClN2O3. The van der Waals surface area contributed by atoms with E-state index >= 15 is 0 Å². The Hall–Kier alpha value is -2.53. The number of halogens is 1. The quantitative estimate of drug-likeness (QED) is 0.490. The fourth-order valence-corrected chi connectivity index (χ4v) is 3.28. The molecule has 0 aliphatic carbocycles. The number of amides is 2. The number of nitrogens with zero attached hydrogens (tertiary/aromatic N) is 1. The van der Waals surface area contributed by atoms with Crippen LogP contribution in [0.4, 0.5) is 0 Å². The maximum absolute atomic E-state index is 13.1. The molecular weight excluding hydrogens is 400 g/mol. The van der Waals surface area contributed by atoms with Crippen LogP contribution in [0.25, 0.3) is 0 Å². The summed E-state index contributed by atoms with van der Waals surface area (Å²) in [7, 11) is 0. The molecule has 0 unspecified atom stereocenters. The van der Waals surface area contributed by atoms with Crippen LogP contribution in [0.3, 0.4) is 0 Å². The van der Waals surface area contributed by atoms with Crippen LogP contribution in [-0.2, 0) is 16.1 Å². The van der Waals surface area contributed by atoms with E-state index in [9.17, 15) is 9.59 Å². The molecule has 1 N–H and O–H groups in total. The summed E-state index contributed by atoms with van der Waals surface area (Å²) < 4.78 is 5.69. The minimum absolute atomic E-state index is 0.0444. The maximum Gasteiger partial charge on any atom is 0.242 e. The number of nitrogens with one attached hydrogen (secondary N) is 1. The monoisotopic (exact) mass is 430 g/mol. The summed E-state index contributed by atoms with van der Waals surface area (Å²) in [5.41, 5.74) is 1.00. The lowest BCUT2D eigenvalue weighted by molar-refractivity contribution is -0.141. The van der Waals surface area contributed by atoms with Gasteiger partial charge in [-0.05, 0) is 49.1 Å². The van der Waals surface area contributed by atoms with Crippen molar-refractivity contribution in [1.82, 2.24) is 10.2 Å². The van der Waals surface area contributed by atoms with Gasteiger partial charge in [-0.3, -0.25) is 9.59 Å². The molecule has 2 aromatic carbocycles. The Kier molecular flexibility index (Phi) is 10.2. The van der Waals surface area contributed by atoms with Gasteiger partial charge in [0.15, 0.2) is 0 Å². The number of benzene rings is 2. The van der Waals surface area contributed by atoms with Gasteiger partial charge < -0.3 is 15.0 Å². The van der Waals surface area contributed by atoms with Crippen molar-refractivity contribution in [3.8, 4) is 5.75 Å². The lowest BCUT2D eigenvalue weighted by Gasteiger charge is -2.30. The van der Waals surface area contributed by atoms with Gasteiger partial charge in [-0.2, -0.15) is 0 Å². The molecule has 0 saturated carbocycles. The van der Waals surface area contributed by atoms with E-state index in [1.165, 1.54) is 0 Å². The molecule has 2 rings (SSSR count). The van der Waals surface area contributed by atoms with Gasteiger partial charge >= 0.3 is 0 Å². The molecule has 0 bridgehead atoms. The number of rotatable bonds is 12. The normalized spacial score (nSPS) is 11.6. The molecule has 0 aliphatic heterocycles. The molecule has 2 amide bonds. The van der Waals surface area contributed by atoms with E-state index in [2.05, 4.69) is 5.32 Å². The fraction of sp³-hybridized carbons (Fsp3) is 0.417. The minimum Gasteiger partial charge on any atom is -0.494 e. The van der Waals surface area contributed by atoms with Crippen molar-refractivity contribution >= 4 is 23.4 Å².